The molecule has 5 heteroatoms. The summed E-state index contributed by atoms with van der Waals surface area (Å²) in [5, 5.41) is 16.3. The summed E-state index contributed by atoms with van der Waals surface area (Å²) < 4.78 is 0. The van der Waals surface area contributed by atoms with Gasteiger partial charge in [0, 0.05) is 24.0 Å². The van der Waals surface area contributed by atoms with Crippen molar-refractivity contribution >= 4 is 28.8 Å². The fraction of sp³-hybridized carbons (Fsp3) is 0.167. The Morgan fingerprint density at radius 2 is 2.00 bits per heavy atom. The molecule has 112 valence electrons. The lowest BCUT2D eigenvalue weighted by atomic mass is 10.0. The third-order valence-electron chi connectivity index (χ3n) is 3.99. The number of nitrogens with zero attached hydrogens (tertiary/aromatic N) is 4. The van der Waals surface area contributed by atoms with E-state index in [0.717, 1.165) is 23.0 Å². The van der Waals surface area contributed by atoms with Crippen LogP contribution in [0.15, 0.2) is 58.6 Å². The zero-order chi connectivity index (χ0) is 15.6. The first-order valence-corrected chi connectivity index (χ1v) is 8.45. The average Bonchev–Trinajstić information content (AvgIpc) is 3.10. The van der Waals surface area contributed by atoms with Crippen molar-refractivity contribution in [2.75, 3.05) is 0 Å². The van der Waals surface area contributed by atoms with Gasteiger partial charge in [-0.3, -0.25) is 0 Å². The number of amidine groups is 1. The van der Waals surface area contributed by atoms with Crippen molar-refractivity contribution < 1.29 is 0 Å². The van der Waals surface area contributed by atoms with Crippen LogP contribution in [-0.2, 0) is 5.75 Å². The highest BCUT2D eigenvalue weighted by atomic mass is 32.2. The normalized spacial score (nSPS) is 18.1. The maximum atomic E-state index is 8.86. The van der Waals surface area contributed by atoms with Crippen molar-refractivity contribution in [3.63, 3.8) is 0 Å². The molecule has 1 atom stereocenters. The van der Waals surface area contributed by atoms with E-state index >= 15 is 0 Å². The van der Waals surface area contributed by atoms with Gasteiger partial charge in [-0.25, -0.2) is 10.0 Å². The summed E-state index contributed by atoms with van der Waals surface area (Å²) in [5.41, 5.74) is 4.15. The minimum atomic E-state index is 0.271. The van der Waals surface area contributed by atoms with Crippen molar-refractivity contribution in [1.82, 2.24) is 5.01 Å². The maximum absolute atomic E-state index is 8.86. The molecule has 0 spiro atoms. The SMILES string of the molecule is N#Cc1ccc(CSC2=Nc3ccccc3[C@H]3CC=NN23)cc1. The van der Waals surface area contributed by atoms with E-state index in [-0.39, 0.29) is 6.04 Å². The predicted octanol–water partition coefficient (Wildman–Crippen LogP) is 4.23. The van der Waals surface area contributed by atoms with E-state index in [1.807, 2.05) is 41.6 Å². The minimum absolute atomic E-state index is 0.271. The number of benzene rings is 2. The number of nitriles is 1. The van der Waals surface area contributed by atoms with Crippen LogP contribution in [0.4, 0.5) is 5.69 Å². The van der Waals surface area contributed by atoms with Crippen LogP contribution in [0.2, 0.25) is 0 Å². The maximum Gasteiger partial charge on any atom is 0.185 e. The van der Waals surface area contributed by atoms with E-state index in [2.05, 4.69) is 29.4 Å². The highest BCUT2D eigenvalue weighted by molar-refractivity contribution is 8.13. The lowest BCUT2D eigenvalue weighted by molar-refractivity contribution is 0.372. The predicted molar refractivity (Wildman–Crippen MR) is 93.7 cm³/mol. The molecule has 0 bridgehead atoms. The molecule has 4 nitrogen and oxygen atoms in total. The number of rotatable bonds is 2. The Labute approximate surface area is 139 Å². The second-order valence-electron chi connectivity index (χ2n) is 5.44. The molecule has 0 radical (unpaired) electrons. The third kappa shape index (κ3) is 2.62. The summed E-state index contributed by atoms with van der Waals surface area (Å²) >= 11 is 1.68. The van der Waals surface area contributed by atoms with Gasteiger partial charge in [0.2, 0.25) is 0 Å². The van der Waals surface area contributed by atoms with Crippen LogP contribution < -0.4 is 0 Å². The molecule has 0 fully saturated rings. The molecule has 0 N–H and O–H groups in total. The Balaban J connectivity index is 1.57. The molecule has 2 heterocycles. The Morgan fingerprint density at radius 1 is 1.17 bits per heavy atom. The lowest BCUT2D eigenvalue weighted by Gasteiger charge is -2.29. The van der Waals surface area contributed by atoms with Crippen LogP contribution in [0, 0.1) is 11.3 Å². The zero-order valence-electron chi connectivity index (χ0n) is 12.4. The van der Waals surface area contributed by atoms with Crippen molar-refractivity contribution in [2.24, 2.45) is 10.1 Å². The fourth-order valence-corrected chi connectivity index (χ4v) is 3.76. The molecular weight excluding hydrogens is 304 g/mol. The first kappa shape index (κ1) is 14.0. The van der Waals surface area contributed by atoms with Gasteiger partial charge in [-0.15, -0.1) is 0 Å². The molecule has 0 saturated carbocycles. The van der Waals surface area contributed by atoms with Gasteiger partial charge in [-0.2, -0.15) is 10.4 Å². The van der Waals surface area contributed by atoms with Crippen molar-refractivity contribution in [3.8, 4) is 6.07 Å². The molecular formula is C18H14N4S. The third-order valence-corrected chi connectivity index (χ3v) is 5.00. The fourth-order valence-electron chi connectivity index (χ4n) is 2.80. The summed E-state index contributed by atoms with van der Waals surface area (Å²) in [7, 11) is 0. The van der Waals surface area contributed by atoms with Crippen LogP contribution in [0.3, 0.4) is 0 Å². The van der Waals surface area contributed by atoms with Gasteiger partial charge in [0.25, 0.3) is 0 Å². The van der Waals surface area contributed by atoms with Gasteiger partial charge in [0.15, 0.2) is 5.17 Å². The molecule has 4 rings (SSSR count). The topological polar surface area (TPSA) is 51.8 Å². The molecule has 2 aromatic rings. The quantitative estimate of drug-likeness (QED) is 0.833. The zero-order valence-corrected chi connectivity index (χ0v) is 13.2. The molecule has 23 heavy (non-hydrogen) atoms. The number of para-hydroxylation sites is 1. The molecule has 2 aliphatic heterocycles. The van der Waals surface area contributed by atoms with Crippen LogP contribution in [0.1, 0.15) is 29.2 Å². The highest BCUT2D eigenvalue weighted by Crippen LogP contribution is 2.41. The van der Waals surface area contributed by atoms with Crippen LogP contribution in [0.25, 0.3) is 0 Å². The van der Waals surface area contributed by atoms with Crippen LogP contribution >= 0.6 is 11.8 Å². The number of hydrogen-bond donors (Lipinski definition) is 0. The number of fused-ring (bicyclic) bond motifs is 3. The first-order valence-electron chi connectivity index (χ1n) is 7.46. The van der Waals surface area contributed by atoms with Gasteiger partial charge < -0.3 is 0 Å². The Kier molecular flexibility index (Phi) is 3.60. The highest BCUT2D eigenvalue weighted by Gasteiger charge is 2.32. The van der Waals surface area contributed by atoms with E-state index < -0.39 is 0 Å². The number of hydrogen-bond acceptors (Lipinski definition) is 5. The molecule has 0 amide bonds. The molecule has 2 aromatic carbocycles. The van der Waals surface area contributed by atoms with Gasteiger partial charge in [0.05, 0.1) is 23.4 Å². The first-order chi connectivity index (χ1) is 11.3. The van der Waals surface area contributed by atoms with Crippen molar-refractivity contribution in [1.29, 1.82) is 5.26 Å². The van der Waals surface area contributed by atoms with Gasteiger partial charge >= 0.3 is 0 Å². The summed E-state index contributed by atoms with van der Waals surface area (Å²) in [4.78, 5) is 4.78. The Morgan fingerprint density at radius 3 is 2.83 bits per heavy atom. The number of aliphatic imine (C=N–C) groups is 1. The van der Waals surface area contributed by atoms with Gasteiger partial charge in [-0.1, -0.05) is 42.1 Å². The monoisotopic (exact) mass is 318 g/mol. The summed E-state index contributed by atoms with van der Waals surface area (Å²) in [6, 6.07) is 18.4. The lowest BCUT2D eigenvalue weighted by Crippen LogP contribution is -2.27. The van der Waals surface area contributed by atoms with E-state index in [4.69, 9.17) is 10.3 Å². The second-order valence-corrected chi connectivity index (χ2v) is 6.39. The second kappa shape index (κ2) is 5.90. The standard InChI is InChI=1S/C18H14N4S/c19-11-13-5-7-14(8-6-13)12-23-18-21-16-4-2-1-3-15(16)17-9-10-20-22(17)18/h1-8,10,17H,9,12H2/t17-/m1/s1. The van der Waals surface area contributed by atoms with Gasteiger partial charge in [0.1, 0.15) is 0 Å². The Bertz CT molecular complexity index is 833. The molecule has 0 unspecified atom stereocenters. The van der Waals surface area contributed by atoms with Crippen LogP contribution in [-0.4, -0.2) is 16.4 Å². The molecule has 0 saturated heterocycles. The van der Waals surface area contributed by atoms with Gasteiger partial charge in [-0.05, 0) is 23.8 Å². The average molecular weight is 318 g/mol. The van der Waals surface area contributed by atoms with E-state index in [9.17, 15) is 0 Å². The molecule has 0 aliphatic carbocycles. The number of hydrazone groups is 1. The van der Waals surface area contributed by atoms with Crippen LogP contribution in [0.5, 0.6) is 0 Å². The summed E-state index contributed by atoms with van der Waals surface area (Å²) in [6.45, 7) is 0. The van der Waals surface area contributed by atoms with E-state index in [1.54, 1.807) is 11.8 Å². The summed E-state index contributed by atoms with van der Waals surface area (Å²) in [6.07, 6.45) is 2.89. The molecule has 0 aromatic heterocycles. The minimum Gasteiger partial charge on any atom is -0.235 e. The molecule has 2 aliphatic rings. The van der Waals surface area contributed by atoms with Crippen molar-refractivity contribution in [2.45, 2.75) is 18.2 Å². The summed E-state index contributed by atoms with van der Waals surface area (Å²) in [5.74, 6) is 0.811. The smallest absolute Gasteiger partial charge is 0.185 e. The largest absolute Gasteiger partial charge is 0.235 e. The van der Waals surface area contributed by atoms with E-state index in [0.29, 0.717) is 5.56 Å². The van der Waals surface area contributed by atoms with E-state index in [1.165, 1.54) is 11.1 Å². The van der Waals surface area contributed by atoms with Crippen molar-refractivity contribution in [3.05, 3.63) is 65.2 Å². The number of thioether (sulfide) groups is 1. The Hall–Kier alpha value is -2.58.